The third-order valence-corrected chi connectivity index (χ3v) is 8.76. The van der Waals surface area contributed by atoms with Crippen molar-refractivity contribution in [3.05, 3.63) is 75.8 Å². The van der Waals surface area contributed by atoms with Crippen LogP contribution in [-0.2, 0) is 44.6 Å². The van der Waals surface area contributed by atoms with Crippen molar-refractivity contribution in [3.8, 4) is 23.3 Å². The van der Waals surface area contributed by atoms with Crippen LogP contribution in [0.2, 0.25) is 0 Å². The van der Waals surface area contributed by atoms with Gasteiger partial charge in [-0.15, -0.1) is 0 Å². The van der Waals surface area contributed by atoms with E-state index >= 15 is 0 Å². The number of methoxy groups -OCH3 is 3. The number of carbonyl (C=O) groups is 2. The number of nitrogens with zero attached hydrogens (tertiary/aromatic N) is 2. The van der Waals surface area contributed by atoms with Crippen molar-refractivity contribution >= 4 is 24.1 Å². The van der Waals surface area contributed by atoms with Crippen LogP contribution < -0.4 is 14.2 Å². The molecule has 2 aliphatic rings. The van der Waals surface area contributed by atoms with Crippen LogP contribution in [0, 0.1) is 34.1 Å². The normalized spacial score (nSPS) is 20.9. The van der Waals surface area contributed by atoms with Gasteiger partial charge in [-0.2, -0.15) is 5.26 Å². The summed E-state index contributed by atoms with van der Waals surface area (Å²) in [7, 11) is 4.48. The molecule has 0 amide bonds. The second-order valence-corrected chi connectivity index (χ2v) is 14.2. The van der Waals surface area contributed by atoms with Crippen molar-refractivity contribution in [3.63, 3.8) is 0 Å². The molecule has 0 atom stereocenters. The molecule has 0 unspecified atom stereocenters. The number of aliphatic hydroxyl groups excluding tert-OH is 1. The molecule has 284 valence electrons. The SMILES string of the molecule is [C-]#[N+]/C(=C/c1ccc(OC)c(OC)c1)C(=O)OCC(C)(C)C1OCC2(COC(C(C)(C)COC(=O)/C(C#N)=C\c3ccc(CO)c(OC)c3)OC2)CO1. The molecule has 53 heavy (non-hydrogen) atoms. The van der Waals surface area contributed by atoms with Gasteiger partial charge in [-0.3, -0.25) is 4.79 Å². The molecule has 0 aromatic heterocycles. The number of nitriles is 1. The molecule has 2 aliphatic heterocycles. The topological polar surface area (TPSA) is 166 Å². The maximum Gasteiger partial charge on any atom is 0.348 e. The lowest BCUT2D eigenvalue weighted by molar-refractivity contribution is -0.337. The van der Waals surface area contributed by atoms with Gasteiger partial charge in [-0.25, -0.2) is 9.64 Å². The first-order valence-electron chi connectivity index (χ1n) is 16.7. The fourth-order valence-corrected chi connectivity index (χ4v) is 5.57. The third-order valence-electron chi connectivity index (χ3n) is 8.76. The van der Waals surface area contributed by atoms with Gasteiger partial charge in [0.25, 0.3) is 5.70 Å². The van der Waals surface area contributed by atoms with Crippen molar-refractivity contribution in [1.29, 1.82) is 5.26 Å². The minimum Gasteiger partial charge on any atom is -0.496 e. The van der Waals surface area contributed by atoms with E-state index in [0.29, 0.717) is 33.9 Å². The van der Waals surface area contributed by atoms with E-state index in [1.54, 1.807) is 36.4 Å². The van der Waals surface area contributed by atoms with Crippen LogP contribution in [0.15, 0.2) is 47.7 Å². The van der Waals surface area contributed by atoms with Crippen molar-refractivity contribution < 1.29 is 57.3 Å². The lowest BCUT2D eigenvalue weighted by Crippen LogP contribution is -2.57. The molecule has 0 aliphatic carbocycles. The summed E-state index contributed by atoms with van der Waals surface area (Å²) >= 11 is 0. The summed E-state index contributed by atoms with van der Waals surface area (Å²) in [6.07, 6.45) is 1.38. The van der Waals surface area contributed by atoms with Gasteiger partial charge in [0.2, 0.25) is 0 Å². The standard InChI is InChI=1S/C39H46N2O12/c1-37(2,19-48-33(43)28(17-40)13-25-9-11-27(18-42)31(15-25)46-7)35-50-21-39(22-51-35)23-52-36(53-24-39)38(3,4)20-49-34(44)29(41-5)14-26-10-12-30(45-6)32(16-26)47-8/h9-16,35-36,42H,18-24H2,1-4,6-8H3/b28-13-,29-14+. The van der Waals surface area contributed by atoms with Gasteiger partial charge in [0.1, 0.15) is 30.6 Å². The Bertz CT molecular complexity index is 1640. The average Bonchev–Trinajstić information content (AvgIpc) is 3.17. The van der Waals surface area contributed by atoms with Crippen molar-refractivity contribution in [2.24, 2.45) is 16.2 Å². The average molecular weight is 735 g/mol. The Labute approximate surface area is 309 Å². The quantitative estimate of drug-likeness (QED) is 0.120. The maximum absolute atomic E-state index is 12.9. The van der Waals surface area contributed by atoms with Gasteiger partial charge < -0.3 is 47.7 Å². The zero-order valence-electron chi connectivity index (χ0n) is 31.1. The summed E-state index contributed by atoms with van der Waals surface area (Å²) < 4.78 is 51.3. The molecule has 2 heterocycles. The highest BCUT2D eigenvalue weighted by atomic mass is 16.7. The lowest BCUT2D eigenvalue weighted by Gasteiger charge is -2.48. The molecule has 4 rings (SSSR count). The van der Waals surface area contributed by atoms with Crippen LogP contribution in [0.5, 0.6) is 17.2 Å². The highest BCUT2D eigenvalue weighted by Gasteiger charge is 2.48. The van der Waals surface area contributed by atoms with Crippen LogP contribution in [0.1, 0.15) is 44.4 Å². The highest BCUT2D eigenvalue weighted by molar-refractivity contribution is 5.98. The minimum atomic E-state index is -0.800. The Morgan fingerprint density at radius 2 is 1.32 bits per heavy atom. The van der Waals surface area contributed by atoms with Crippen molar-refractivity contribution in [2.75, 3.05) is 61.0 Å². The summed E-state index contributed by atoms with van der Waals surface area (Å²) in [5.41, 5.74) is -0.841. The molecule has 2 aromatic rings. The molecule has 0 saturated carbocycles. The maximum atomic E-state index is 12.9. The lowest BCUT2D eigenvalue weighted by atomic mass is 9.86. The van der Waals surface area contributed by atoms with E-state index in [9.17, 15) is 20.0 Å². The first-order valence-corrected chi connectivity index (χ1v) is 16.7. The van der Waals surface area contributed by atoms with E-state index in [2.05, 4.69) is 4.85 Å². The van der Waals surface area contributed by atoms with E-state index in [1.807, 2.05) is 33.8 Å². The fourth-order valence-electron chi connectivity index (χ4n) is 5.57. The van der Waals surface area contributed by atoms with Gasteiger partial charge in [0, 0.05) is 16.4 Å². The van der Waals surface area contributed by atoms with E-state index in [0.717, 1.165) is 0 Å². The predicted octanol–water partition coefficient (Wildman–Crippen LogP) is 4.94. The molecular formula is C39H46N2O12. The number of hydrogen-bond donors (Lipinski definition) is 1. The van der Waals surface area contributed by atoms with Crippen LogP contribution >= 0.6 is 0 Å². The van der Waals surface area contributed by atoms with E-state index in [4.69, 9.17) is 49.2 Å². The van der Waals surface area contributed by atoms with Gasteiger partial charge in [0.05, 0.1) is 66.4 Å². The second-order valence-electron chi connectivity index (χ2n) is 14.2. The summed E-state index contributed by atoms with van der Waals surface area (Å²) in [4.78, 5) is 29.1. The molecule has 14 nitrogen and oxygen atoms in total. The Morgan fingerprint density at radius 1 is 0.830 bits per heavy atom. The molecule has 1 spiro atoms. The van der Waals surface area contributed by atoms with Crippen LogP contribution in [0.25, 0.3) is 17.0 Å². The molecule has 2 fully saturated rings. The highest BCUT2D eigenvalue weighted by Crippen LogP contribution is 2.39. The van der Waals surface area contributed by atoms with Gasteiger partial charge in [-0.1, -0.05) is 45.9 Å². The summed E-state index contributed by atoms with van der Waals surface area (Å²) in [5, 5.41) is 19.1. The Kier molecular flexibility index (Phi) is 13.6. The number of ether oxygens (including phenoxy) is 9. The van der Waals surface area contributed by atoms with Crippen molar-refractivity contribution in [2.45, 2.75) is 46.9 Å². The number of aliphatic hydroxyl groups is 1. The van der Waals surface area contributed by atoms with Gasteiger partial charge in [0.15, 0.2) is 24.1 Å². The van der Waals surface area contributed by atoms with E-state index in [-0.39, 0.29) is 57.5 Å². The number of rotatable bonds is 14. The zero-order valence-corrected chi connectivity index (χ0v) is 31.1. The largest absolute Gasteiger partial charge is 0.496 e. The summed E-state index contributed by atoms with van der Waals surface area (Å²) in [6, 6.07) is 11.8. The van der Waals surface area contributed by atoms with Crippen LogP contribution in [0.4, 0.5) is 0 Å². The molecule has 1 N–H and O–H groups in total. The smallest absolute Gasteiger partial charge is 0.348 e. The van der Waals surface area contributed by atoms with Gasteiger partial charge in [-0.05, 0) is 41.5 Å². The molecule has 2 aromatic carbocycles. The fraction of sp³-hybridized carbons (Fsp3) is 0.487. The number of hydrogen-bond acceptors (Lipinski definition) is 13. The molecule has 14 heteroatoms. The minimum absolute atomic E-state index is 0.0723. The summed E-state index contributed by atoms with van der Waals surface area (Å²) in [6.45, 7) is 15.5. The predicted molar refractivity (Wildman–Crippen MR) is 190 cm³/mol. The Hall–Kier alpha value is -4.96. The Balaban J connectivity index is 1.26. The molecular weight excluding hydrogens is 688 g/mol. The number of carbonyl (C=O) groups excluding carboxylic acids is 2. The van der Waals surface area contributed by atoms with E-state index in [1.165, 1.54) is 33.5 Å². The number of benzene rings is 2. The third kappa shape index (κ3) is 10.1. The second kappa shape index (κ2) is 17.7. The first kappa shape index (κ1) is 40.8. The van der Waals surface area contributed by atoms with Crippen LogP contribution in [-0.4, -0.2) is 90.6 Å². The Morgan fingerprint density at radius 3 is 1.81 bits per heavy atom. The first-order chi connectivity index (χ1) is 25.2. The molecule has 0 bridgehead atoms. The van der Waals surface area contributed by atoms with E-state index < -0.39 is 40.8 Å². The molecule has 0 radical (unpaired) electrons. The summed E-state index contributed by atoms with van der Waals surface area (Å²) in [5.74, 6) is -0.169. The molecule has 2 saturated heterocycles. The zero-order chi connectivity index (χ0) is 38.8. The van der Waals surface area contributed by atoms with Crippen LogP contribution in [0.3, 0.4) is 0 Å². The van der Waals surface area contributed by atoms with Crippen molar-refractivity contribution in [1.82, 2.24) is 0 Å². The monoisotopic (exact) mass is 734 g/mol. The number of esters is 2. The van der Waals surface area contributed by atoms with Gasteiger partial charge >= 0.3 is 11.9 Å².